The highest BCUT2D eigenvalue weighted by Crippen LogP contribution is 2.35. The fraction of sp³-hybridized carbons (Fsp3) is 0.214. The molecular formula is C28H28N2O4. The predicted molar refractivity (Wildman–Crippen MR) is 134 cm³/mol. The van der Waals surface area contributed by atoms with Crippen molar-refractivity contribution in [3.05, 3.63) is 89.1 Å². The first-order valence-corrected chi connectivity index (χ1v) is 11.2. The number of nitrogens with zero attached hydrogens (tertiary/aromatic N) is 1. The van der Waals surface area contributed by atoms with E-state index in [0.717, 1.165) is 11.1 Å². The lowest BCUT2D eigenvalue weighted by atomic mass is 10.0. The molecule has 6 heteroatoms. The molecule has 174 valence electrons. The smallest absolute Gasteiger partial charge is 0.282 e. The van der Waals surface area contributed by atoms with E-state index in [9.17, 15) is 9.59 Å². The molecule has 3 aromatic carbocycles. The fourth-order valence-corrected chi connectivity index (χ4v) is 4.02. The molecule has 0 atom stereocenters. The Morgan fingerprint density at radius 1 is 0.794 bits per heavy atom. The van der Waals surface area contributed by atoms with E-state index >= 15 is 0 Å². The van der Waals surface area contributed by atoms with E-state index in [1.807, 2.05) is 58.0 Å². The molecule has 0 bridgehead atoms. The van der Waals surface area contributed by atoms with E-state index in [-0.39, 0.29) is 17.7 Å². The Morgan fingerprint density at radius 2 is 1.38 bits per heavy atom. The molecule has 4 rings (SSSR count). The third kappa shape index (κ3) is 4.66. The van der Waals surface area contributed by atoms with Crippen molar-refractivity contribution >= 4 is 28.8 Å². The summed E-state index contributed by atoms with van der Waals surface area (Å²) in [6, 6.07) is 20.1. The van der Waals surface area contributed by atoms with Crippen LogP contribution in [0.1, 0.15) is 30.5 Å². The van der Waals surface area contributed by atoms with Crippen LogP contribution in [-0.2, 0) is 9.59 Å². The van der Waals surface area contributed by atoms with Crippen LogP contribution in [0.25, 0.3) is 5.57 Å². The van der Waals surface area contributed by atoms with Crippen molar-refractivity contribution in [3.8, 4) is 11.5 Å². The van der Waals surface area contributed by atoms with Crippen molar-refractivity contribution in [2.75, 3.05) is 17.3 Å². The predicted octanol–water partition coefficient (Wildman–Crippen LogP) is 5.50. The summed E-state index contributed by atoms with van der Waals surface area (Å²) in [5.74, 6) is 0.630. The minimum Gasteiger partial charge on any atom is -0.497 e. The number of nitrogens with one attached hydrogen (secondary N) is 1. The van der Waals surface area contributed by atoms with Crippen molar-refractivity contribution in [3.63, 3.8) is 0 Å². The molecule has 0 saturated heterocycles. The number of imide groups is 1. The second kappa shape index (κ2) is 9.43. The molecule has 0 spiro atoms. The Hall–Kier alpha value is -4.06. The molecule has 0 unspecified atom stereocenters. The Bertz CT molecular complexity index is 1240. The molecule has 0 fully saturated rings. The van der Waals surface area contributed by atoms with Gasteiger partial charge in [0.05, 0.1) is 24.5 Å². The lowest BCUT2D eigenvalue weighted by Gasteiger charge is -2.17. The van der Waals surface area contributed by atoms with Gasteiger partial charge in [-0.3, -0.25) is 9.59 Å². The largest absolute Gasteiger partial charge is 0.497 e. The summed E-state index contributed by atoms with van der Waals surface area (Å²) in [6.07, 6.45) is 0.0344. The second-order valence-electron chi connectivity index (χ2n) is 8.59. The van der Waals surface area contributed by atoms with Crippen LogP contribution in [0, 0.1) is 13.8 Å². The Balaban J connectivity index is 1.78. The van der Waals surface area contributed by atoms with Crippen LogP contribution >= 0.6 is 0 Å². The van der Waals surface area contributed by atoms with E-state index in [2.05, 4.69) is 5.32 Å². The van der Waals surface area contributed by atoms with Gasteiger partial charge in [-0.2, -0.15) is 0 Å². The molecule has 1 N–H and O–H groups in total. The molecule has 6 nitrogen and oxygen atoms in total. The van der Waals surface area contributed by atoms with Crippen LogP contribution in [0.2, 0.25) is 0 Å². The average Bonchev–Trinajstić information content (AvgIpc) is 3.03. The quantitative estimate of drug-likeness (QED) is 0.476. The first-order chi connectivity index (χ1) is 16.3. The maximum Gasteiger partial charge on any atom is 0.282 e. The van der Waals surface area contributed by atoms with E-state index in [0.29, 0.717) is 34.0 Å². The molecule has 2 amide bonds. The van der Waals surface area contributed by atoms with Gasteiger partial charge in [-0.25, -0.2) is 4.90 Å². The second-order valence-corrected chi connectivity index (χ2v) is 8.59. The zero-order valence-electron chi connectivity index (χ0n) is 20.0. The summed E-state index contributed by atoms with van der Waals surface area (Å²) in [4.78, 5) is 28.5. The molecule has 0 aromatic heterocycles. The third-order valence-corrected chi connectivity index (χ3v) is 5.42. The van der Waals surface area contributed by atoms with Gasteiger partial charge in [-0.15, -0.1) is 0 Å². The highest BCUT2D eigenvalue weighted by molar-refractivity contribution is 6.46. The number of amides is 2. The summed E-state index contributed by atoms with van der Waals surface area (Å²) < 4.78 is 11.0. The van der Waals surface area contributed by atoms with Gasteiger partial charge in [0, 0.05) is 5.69 Å². The minimum absolute atomic E-state index is 0.0344. The minimum atomic E-state index is -0.400. The number of rotatable bonds is 7. The van der Waals surface area contributed by atoms with Gasteiger partial charge in [0.2, 0.25) is 0 Å². The topological polar surface area (TPSA) is 67.9 Å². The number of carbonyl (C=O) groups is 2. The molecule has 0 saturated carbocycles. The molecule has 34 heavy (non-hydrogen) atoms. The molecule has 0 aliphatic carbocycles. The number of anilines is 2. The van der Waals surface area contributed by atoms with E-state index in [1.165, 1.54) is 4.90 Å². The van der Waals surface area contributed by atoms with Crippen LogP contribution in [0.5, 0.6) is 11.5 Å². The van der Waals surface area contributed by atoms with Crippen LogP contribution in [0.3, 0.4) is 0 Å². The standard InChI is InChI=1S/C28H28N2O4/c1-17(2)34-24-10-6-20(7-11-24)25-26(29-21-8-12-23(33-5)13-9-21)28(32)30(27(25)31)22-15-18(3)14-19(4)16-22/h6-17,29H,1-5H3. The molecular weight excluding hydrogens is 428 g/mol. The summed E-state index contributed by atoms with van der Waals surface area (Å²) in [5.41, 5.74) is 4.36. The third-order valence-electron chi connectivity index (χ3n) is 5.42. The fourth-order valence-electron chi connectivity index (χ4n) is 4.02. The summed E-state index contributed by atoms with van der Waals surface area (Å²) >= 11 is 0. The van der Waals surface area contributed by atoms with E-state index in [1.54, 1.807) is 43.5 Å². The van der Waals surface area contributed by atoms with Crippen LogP contribution in [-0.4, -0.2) is 25.0 Å². The lowest BCUT2D eigenvalue weighted by molar-refractivity contribution is -0.120. The van der Waals surface area contributed by atoms with Gasteiger partial charge < -0.3 is 14.8 Å². The van der Waals surface area contributed by atoms with Gasteiger partial charge in [0.25, 0.3) is 11.8 Å². The van der Waals surface area contributed by atoms with Crippen molar-refractivity contribution in [1.29, 1.82) is 0 Å². The number of methoxy groups -OCH3 is 1. The van der Waals surface area contributed by atoms with Gasteiger partial charge in [0.1, 0.15) is 17.2 Å². The van der Waals surface area contributed by atoms with Crippen LogP contribution in [0.4, 0.5) is 11.4 Å². The van der Waals surface area contributed by atoms with Gasteiger partial charge in [-0.05, 0) is 92.9 Å². The first kappa shape index (κ1) is 23.1. The summed E-state index contributed by atoms with van der Waals surface area (Å²) in [6.45, 7) is 7.79. The van der Waals surface area contributed by atoms with Gasteiger partial charge in [0.15, 0.2) is 0 Å². The number of benzene rings is 3. The molecule has 1 aliphatic heterocycles. The van der Waals surface area contributed by atoms with Crippen molar-refractivity contribution in [1.82, 2.24) is 0 Å². The number of hydrogen-bond donors (Lipinski definition) is 1. The van der Waals surface area contributed by atoms with E-state index in [4.69, 9.17) is 9.47 Å². The molecule has 1 heterocycles. The van der Waals surface area contributed by atoms with Gasteiger partial charge >= 0.3 is 0 Å². The molecule has 0 radical (unpaired) electrons. The zero-order valence-corrected chi connectivity index (χ0v) is 20.0. The zero-order chi connectivity index (χ0) is 24.4. The number of hydrogen-bond acceptors (Lipinski definition) is 5. The van der Waals surface area contributed by atoms with E-state index < -0.39 is 5.91 Å². The Morgan fingerprint density at radius 3 is 1.94 bits per heavy atom. The number of ether oxygens (including phenoxy) is 2. The van der Waals surface area contributed by atoms with Crippen LogP contribution in [0.15, 0.2) is 72.4 Å². The summed E-state index contributed by atoms with van der Waals surface area (Å²) in [7, 11) is 1.59. The number of carbonyl (C=O) groups excluding carboxylic acids is 2. The monoisotopic (exact) mass is 456 g/mol. The Labute approximate surface area is 199 Å². The van der Waals surface area contributed by atoms with Gasteiger partial charge in [-0.1, -0.05) is 18.2 Å². The first-order valence-electron chi connectivity index (χ1n) is 11.2. The molecule has 1 aliphatic rings. The van der Waals surface area contributed by atoms with Crippen LogP contribution < -0.4 is 19.7 Å². The lowest BCUT2D eigenvalue weighted by Crippen LogP contribution is -2.32. The normalized spacial score (nSPS) is 13.6. The SMILES string of the molecule is COc1ccc(NC2=C(c3ccc(OC(C)C)cc3)C(=O)N(c3cc(C)cc(C)c3)C2=O)cc1. The highest BCUT2D eigenvalue weighted by Gasteiger charge is 2.40. The maximum absolute atomic E-state index is 13.7. The van der Waals surface area contributed by atoms with Crippen molar-refractivity contribution in [2.45, 2.75) is 33.8 Å². The Kier molecular flexibility index (Phi) is 6.41. The number of aryl methyl sites for hydroxylation is 2. The maximum atomic E-state index is 13.7. The summed E-state index contributed by atoms with van der Waals surface area (Å²) in [5, 5.41) is 3.18. The van der Waals surface area contributed by atoms with Crippen molar-refractivity contribution in [2.24, 2.45) is 0 Å². The van der Waals surface area contributed by atoms with Crippen molar-refractivity contribution < 1.29 is 19.1 Å². The molecule has 3 aromatic rings. The average molecular weight is 457 g/mol. The highest BCUT2D eigenvalue weighted by atomic mass is 16.5.